The maximum Gasteiger partial charge on any atom is 0.249 e. The second-order valence-electron chi connectivity index (χ2n) is 4.08. The SMILES string of the molecule is C=CC(CCl)S(=O)(=O)N(C(C)=O)c1cc(N)c(F)cc1Cl. The number of hydrogen-bond donors (Lipinski definition) is 1. The van der Waals surface area contributed by atoms with Crippen LogP contribution in [0.1, 0.15) is 6.92 Å². The largest absolute Gasteiger partial charge is 0.396 e. The predicted molar refractivity (Wildman–Crippen MR) is 82.6 cm³/mol. The van der Waals surface area contributed by atoms with Crippen LogP contribution in [0.15, 0.2) is 24.8 Å². The number of carbonyl (C=O) groups is 1. The fourth-order valence-corrected chi connectivity index (χ4v) is 3.94. The summed E-state index contributed by atoms with van der Waals surface area (Å²) in [5, 5.41) is -1.47. The lowest BCUT2D eigenvalue weighted by atomic mass is 10.2. The number of anilines is 2. The van der Waals surface area contributed by atoms with Crippen LogP contribution in [0.5, 0.6) is 0 Å². The molecule has 0 saturated carbocycles. The lowest BCUT2D eigenvalue weighted by Crippen LogP contribution is -2.42. The first-order chi connectivity index (χ1) is 9.66. The maximum atomic E-state index is 13.3. The zero-order valence-corrected chi connectivity index (χ0v) is 13.3. The molecular weight excluding hydrogens is 342 g/mol. The van der Waals surface area contributed by atoms with Crippen LogP contribution in [0.3, 0.4) is 0 Å². The number of nitrogen functional groups attached to an aromatic ring is 1. The fourth-order valence-electron chi connectivity index (χ4n) is 1.59. The van der Waals surface area contributed by atoms with Gasteiger partial charge in [0.25, 0.3) is 0 Å². The smallest absolute Gasteiger partial charge is 0.249 e. The Labute approximate surface area is 132 Å². The number of sulfonamides is 1. The highest BCUT2D eigenvalue weighted by molar-refractivity contribution is 7.94. The first-order valence-corrected chi connectivity index (χ1v) is 8.06. The average molecular weight is 355 g/mol. The molecule has 2 N–H and O–H groups in total. The number of amides is 1. The zero-order chi connectivity index (χ0) is 16.4. The van der Waals surface area contributed by atoms with Crippen LogP contribution < -0.4 is 10.0 Å². The van der Waals surface area contributed by atoms with E-state index in [1.807, 2.05) is 0 Å². The van der Waals surface area contributed by atoms with E-state index < -0.39 is 27.0 Å². The molecule has 0 aromatic heterocycles. The van der Waals surface area contributed by atoms with Gasteiger partial charge in [0.15, 0.2) is 0 Å². The molecule has 116 valence electrons. The first-order valence-electron chi connectivity index (χ1n) is 5.64. The number of carbonyl (C=O) groups excluding carboxylic acids is 1. The molecule has 1 rings (SSSR count). The molecule has 1 unspecified atom stereocenters. The van der Waals surface area contributed by atoms with Crippen LogP contribution in [0.2, 0.25) is 5.02 Å². The van der Waals surface area contributed by atoms with E-state index >= 15 is 0 Å². The third-order valence-corrected chi connectivity index (χ3v) is 5.53. The second-order valence-corrected chi connectivity index (χ2v) is 6.80. The van der Waals surface area contributed by atoms with Crippen molar-refractivity contribution in [3.05, 3.63) is 35.6 Å². The lowest BCUT2D eigenvalue weighted by molar-refractivity contribution is -0.115. The van der Waals surface area contributed by atoms with Gasteiger partial charge in [0.1, 0.15) is 11.1 Å². The van der Waals surface area contributed by atoms with E-state index in [1.165, 1.54) is 0 Å². The van der Waals surface area contributed by atoms with E-state index in [9.17, 15) is 17.6 Å². The highest BCUT2D eigenvalue weighted by atomic mass is 35.5. The van der Waals surface area contributed by atoms with Crippen LogP contribution in [0.25, 0.3) is 0 Å². The van der Waals surface area contributed by atoms with E-state index in [0.29, 0.717) is 4.31 Å². The minimum atomic E-state index is -4.20. The first kappa shape index (κ1) is 17.7. The molecule has 0 aliphatic rings. The Kier molecular flexibility index (Phi) is 5.61. The van der Waals surface area contributed by atoms with Gasteiger partial charge in [-0.1, -0.05) is 17.7 Å². The molecule has 0 heterocycles. The molecule has 0 radical (unpaired) electrons. The van der Waals surface area contributed by atoms with Crippen molar-refractivity contribution in [2.75, 3.05) is 15.9 Å². The van der Waals surface area contributed by atoms with Crippen molar-refractivity contribution < 1.29 is 17.6 Å². The average Bonchev–Trinajstić information content (AvgIpc) is 2.36. The summed E-state index contributed by atoms with van der Waals surface area (Å²) < 4.78 is 38.6. The molecule has 0 aliphatic carbocycles. The van der Waals surface area contributed by atoms with Gasteiger partial charge in [-0.25, -0.2) is 17.1 Å². The Morgan fingerprint density at radius 3 is 2.57 bits per heavy atom. The number of alkyl halides is 1. The molecule has 0 saturated heterocycles. The summed E-state index contributed by atoms with van der Waals surface area (Å²) in [7, 11) is -4.20. The normalized spacial score (nSPS) is 12.8. The lowest BCUT2D eigenvalue weighted by Gasteiger charge is -2.25. The van der Waals surface area contributed by atoms with Gasteiger partial charge in [-0.15, -0.1) is 18.2 Å². The monoisotopic (exact) mass is 354 g/mol. The zero-order valence-electron chi connectivity index (χ0n) is 11.0. The number of hydrogen-bond acceptors (Lipinski definition) is 4. The molecule has 0 fully saturated rings. The van der Waals surface area contributed by atoms with Crippen LogP contribution in [0.4, 0.5) is 15.8 Å². The highest BCUT2D eigenvalue weighted by Gasteiger charge is 2.34. The summed E-state index contributed by atoms with van der Waals surface area (Å²) in [5.74, 6) is -1.95. The molecule has 1 atom stereocenters. The standard InChI is InChI=1S/C12H13Cl2FN2O3S/c1-3-8(6-13)21(19,20)17(7(2)18)12-5-11(16)10(15)4-9(12)14/h3-5,8H,1,6,16H2,2H3. The molecule has 1 amide bonds. The van der Waals surface area contributed by atoms with Gasteiger partial charge < -0.3 is 5.73 Å². The van der Waals surface area contributed by atoms with Crippen molar-refractivity contribution in [1.82, 2.24) is 0 Å². The molecule has 0 aliphatic heterocycles. The number of nitrogens with two attached hydrogens (primary N) is 1. The van der Waals surface area contributed by atoms with E-state index in [2.05, 4.69) is 6.58 Å². The van der Waals surface area contributed by atoms with Gasteiger partial charge in [0, 0.05) is 12.8 Å². The Hall–Kier alpha value is -1.31. The quantitative estimate of drug-likeness (QED) is 0.500. The van der Waals surface area contributed by atoms with E-state index in [1.54, 1.807) is 0 Å². The fraction of sp³-hybridized carbons (Fsp3) is 0.250. The van der Waals surface area contributed by atoms with Crippen molar-refractivity contribution in [2.45, 2.75) is 12.2 Å². The summed E-state index contributed by atoms with van der Waals surface area (Å²) >= 11 is 11.4. The summed E-state index contributed by atoms with van der Waals surface area (Å²) in [5.41, 5.74) is 4.83. The summed E-state index contributed by atoms with van der Waals surface area (Å²) in [6.07, 6.45) is 1.10. The minimum absolute atomic E-state index is 0.236. The molecule has 0 bridgehead atoms. The molecule has 0 spiro atoms. The van der Waals surface area contributed by atoms with Crippen LogP contribution >= 0.6 is 23.2 Å². The predicted octanol–water partition coefficient (Wildman–Crippen LogP) is 2.54. The molecule has 21 heavy (non-hydrogen) atoms. The van der Waals surface area contributed by atoms with Crippen LogP contribution in [-0.4, -0.2) is 25.5 Å². The Morgan fingerprint density at radius 1 is 1.57 bits per heavy atom. The third kappa shape index (κ3) is 3.48. The molecule has 9 heteroatoms. The second kappa shape index (κ2) is 6.64. The van der Waals surface area contributed by atoms with Gasteiger partial charge >= 0.3 is 0 Å². The topological polar surface area (TPSA) is 80.5 Å². The summed E-state index contributed by atoms with van der Waals surface area (Å²) in [6, 6.07) is 1.81. The molecule has 5 nitrogen and oxygen atoms in total. The number of benzene rings is 1. The maximum absolute atomic E-state index is 13.3. The van der Waals surface area contributed by atoms with Crippen molar-refractivity contribution >= 4 is 50.5 Å². The van der Waals surface area contributed by atoms with E-state index in [4.69, 9.17) is 28.9 Å². The summed E-state index contributed by atoms with van der Waals surface area (Å²) in [6.45, 7) is 4.40. The molecule has 1 aromatic carbocycles. The number of halogens is 3. The summed E-state index contributed by atoms with van der Waals surface area (Å²) in [4.78, 5) is 11.8. The van der Waals surface area contributed by atoms with Gasteiger partial charge in [-0.2, -0.15) is 0 Å². The number of rotatable bonds is 5. The van der Waals surface area contributed by atoms with Crippen LogP contribution in [0, 0.1) is 5.82 Å². The van der Waals surface area contributed by atoms with Gasteiger partial charge in [0.2, 0.25) is 15.9 Å². The Bertz CT molecular complexity index is 679. The van der Waals surface area contributed by atoms with Crippen molar-refractivity contribution in [1.29, 1.82) is 0 Å². The highest BCUT2D eigenvalue weighted by Crippen LogP contribution is 2.33. The number of nitrogens with zero attached hydrogens (tertiary/aromatic N) is 1. The molecule has 1 aromatic rings. The van der Waals surface area contributed by atoms with Crippen LogP contribution in [-0.2, 0) is 14.8 Å². The Morgan fingerprint density at radius 2 is 2.14 bits per heavy atom. The van der Waals surface area contributed by atoms with Crippen molar-refractivity contribution in [2.24, 2.45) is 0 Å². The third-order valence-electron chi connectivity index (χ3n) is 2.62. The van der Waals surface area contributed by atoms with E-state index in [-0.39, 0.29) is 22.3 Å². The minimum Gasteiger partial charge on any atom is -0.396 e. The van der Waals surface area contributed by atoms with E-state index in [0.717, 1.165) is 25.1 Å². The van der Waals surface area contributed by atoms with Gasteiger partial charge in [-0.05, 0) is 12.1 Å². The van der Waals surface area contributed by atoms with Gasteiger partial charge in [0.05, 0.1) is 16.4 Å². The Balaban J connectivity index is 3.56. The van der Waals surface area contributed by atoms with Crippen molar-refractivity contribution in [3.63, 3.8) is 0 Å². The molecular formula is C12H13Cl2FN2O3S. The van der Waals surface area contributed by atoms with Gasteiger partial charge in [-0.3, -0.25) is 4.79 Å². The van der Waals surface area contributed by atoms with Crippen molar-refractivity contribution in [3.8, 4) is 0 Å².